The van der Waals surface area contributed by atoms with Crippen LogP contribution >= 0.6 is 23.5 Å². The number of nitrogens with two attached hydrogens (primary N) is 1. The van der Waals surface area contributed by atoms with Crippen molar-refractivity contribution in [2.75, 3.05) is 82.0 Å². The van der Waals surface area contributed by atoms with E-state index in [1.54, 1.807) is 64.1 Å². The molecule has 4 aliphatic heterocycles. The van der Waals surface area contributed by atoms with Crippen molar-refractivity contribution in [2.24, 2.45) is 4.99 Å². The van der Waals surface area contributed by atoms with Gasteiger partial charge >= 0.3 is 41.3 Å². The molecule has 0 aliphatic carbocycles. The molecule has 5 heterocycles. The number of amides is 1. The van der Waals surface area contributed by atoms with E-state index >= 15 is 0 Å². The number of hydrogen-bond acceptors (Lipinski definition) is 28. The maximum absolute atomic E-state index is 13.6. The van der Waals surface area contributed by atoms with Gasteiger partial charge in [-0.1, -0.05) is 24.3 Å². The first-order valence-electron chi connectivity index (χ1n) is 30.2. The average Bonchev–Trinajstić information content (AvgIpc) is 0.805. The Bertz CT molecular complexity index is 4790. The Morgan fingerprint density at radius 2 is 1.42 bits per heavy atom. The molecule has 4 aliphatic rings. The summed E-state index contributed by atoms with van der Waals surface area (Å²) in [7, 11) is -26.5. The Kier molecular flexibility index (Phi) is 24.1. The number of carboxylic acids is 1. The van der Waals surface area contributed by atoms with E-state index in [-0.39, 0.29) is 132 Å². The SMILES string of the molecule is CC1(C)C=C(CS(=O)(=O)O)c2cc3c(cc2=N1)Oc1cc2c(cc1C=3c1ccc(C(=O)NCCOCCOCCOCCOCc3cccc(COC(=O)OC4C[C@H](n5ccc(N)nc5=O)O[C@@H]4COP(=O)(O)OP(=O)(O)OP(=O)(O)O)c3[N+](=O)[O-])cc1C(=O)O)C(CS(=O)(=O)O)=CC(C)(C)N2. The highest BCUT2D eigenvalue weighted by atomic mass is 32.2. The molecule has 1 fully saturated rings. The highest BCUT2D eigenvalue weighted by molar-refractivity contribution is 7.86. The van der Waals surface area contributed by atoms with Crippen LogP contribution in [0.5, 0.6) is 11.5 Å². The molecule has 552 valence electrons. The number of ether oxygens (including phenoxy) is 8. The number of hydrogen-bond donors (Lipinski definition) is 10. The fourth-order valence-corrected chi connectivity index (χ4v) is 15.6. The number of rotatable bonds is 33. The predicted octanol–water partition coefficient (Wildman–Crippen LogP) is 4.29. The van der Waals surface area contributed by atoms with E-state index in [0.29, 0.717) is 22.2 Å². The molecule has 1 aromatic heterocycles. The summed E-state index contributed by atoms with van der Waals surface area (Å²) in [4.78, 5) is 110. The summed E-state index contributed by atoms with van der Waals surface area (Å²) in [6.07, 6.45) is -1.95. The van der Waals surface area contributed by atoms with Gasteiger partial charge in [-0.25, -0.2) is 28.1 Å². The molecule has 38 nitrogen and oxygen atoms in total. The van der Waals surface area contributed by atoms with Crippen LogP contribution in [-0.4, -0.2) is 177 Å². The van der Waals surface area contributed by atoms with Crippen LogP contribution in [0.15, 0.2) is 94.9 Å². The van der Waals surface area contributed by atoms with Crippen LogP contribution < -0.4 is 37.4 Å². The Labute approximate surface area is 578 Å². The van der Waals surface area contributed by atoms with Crippen molar-refractivity contribution >= 4 is 95.6 Å². The van der Waals surface area contributed by atoms with Crippen LogP contribution in [0.4, 0.5) is 22.0 Å². The molecule has 0 radical (unpaired) electrons. The van der Waals surface area contributed by atoms with Crippen LogP contribution in [0.2, 0.25) is 0 Å². The topological polar surface area (TPSA) is 554 Å². The van der Waals surface area contributed by atoms with Crippen LogP contribution in [0.1, 0.15) is 94.4 Å². The monoisotopic (exact) mass is 1530 g/mol. The molecule has 3 unspecified atom stereocenters. The maximum Gasteiger partial charge on any atom is 0.508 e. The lowest BCUT2D eigenvalue weighted by molar-refractivity contribution is -0.387. The summed E-state index contributed by atoms with van der Waals surface area (Å²) in [5.74, 6) is -3.44. The molecule has 0 bridgehead atoms. The summed E-state index contributed by atoms with van der Waals surface area (Å²) in [6, 6.07) is 15.6. The molecule has 43 heteroatoms. The lowest BCUT2D eigenvalue weighted by Crippen LogP contribution is -2.33. The zero-order chi connectivity index (χ0) is 74.5. The quantitative estimate of drug-likeness (QED) is 0.00686. The minimum absolute atomic E-state index is 0.0141. The third-order valence-corrected chi connectivity index (χ3v) is 20.3. The number of nitrogens with zero attached hydrogens (tertiary/aromatic N) is 4. The fraction of sp³-hybridized carbons (Fsp3) is 0.390. The third-order valence-electron chi connectivity index (χ3n) is 15.1. The fourth-order valence-electron chi connectivity index (χ4n) is 11.3. The first-order chi connectivity index (χ1) is 47.6. The predicted molar refractivity (Wildman–Crippen MR) is 353 cm³/mol. The second-order valence-corrected chi connectivity index (χ2v) is 31.3. The van der Waals surface area contributed by atoms with E-state index in [4.69, 9.17) is 58.4 Å². The lowest BCUT2D eigenvalue weighted by Gasteiger charge is -2.34. The smallest absolute Gasteiger partial charge is 0.478 e. The van der Waals surface area contributed by atoms with Crippen molar-refractivity contribution in [2.45, 2.75) is 76.8 Å². The van der Waals surface area contributed by atoms with Crippen molar-refractivity contribution in [3.63, 3.8) is 0 Å². The zero-order valence-electron chi connectivity index (χ0n) is 54.2. The Balaban J connectivity index is 0.742. The zero-order valence-corrected chi connectivity index (χ0v) is 58.5. The summed E-state index contributed by atoms with van der Waals surface area (Å²) in [5, 5.41) is 29.7. The highest BCUT2D eigenvalue weighted by Gasteiger charge is 2.45. The van der Waals surface area contributed by atoms with E-state index in [0.717, 1.165) is 10.8 Å². The summed E-state index contributed by atoms with van der Waals surface area (Å²) >= 11 is 0. The number of para-hydroxylation sites is 1. The third kappa shape index (κ3) is 21.1. The molecule has 5 aromatic rings. The lowest BCUT2D eigenvalue weighted by atomic mass is 9.84. The van der Waals surface area contributed by atoms with Crippen molar-refractivity contribution in [3.05, 3.63) is 161 Å². The Hall–Kier alpha value is -8.05. The molecule has 0 saturated carbocycles. The minimum Gasteiger partial charge on any atom is -0.478 e. The van der Waals surface area contributed by atoms with E-state index in [9.17, 15) is 83.8 Å². The number of carbonyl (C=O) groups excluding carboxylic acids is 2. The summed E-state index contributed by atoms with van der Waals surface area (Å²) in [5.41, 5.74) is 4.02. The van der Waals surface area contributed by atoms with Crippen LogP contribution in [0.25, 0.3) is 16.7 Å². The number of carboxylic acid groups (broad SMARTS) is 1. The van der Waals surface area contributed by atoms with Gasteiger partial charge < -0.3 is 78.9 Å². The van der Waals surface area contributed by atoms with Gasteiger partial charge in [0.2, 0.25) is 0 Å². The molecule has 1 amide bonds. The number of nitro benzene ring substituents is 1. The average molecular weight is 1530 g/mol. The molecule has 5 atom stereocenters. The maximum atomic E-state index is 13.6. The van der Waals surface area contributed by atoms with Gasteiger partial charge in [0.1, 0.15) is 53.9 Å². The van der Waals surface area contributed by atoms with Gasteiger partial charge in [-0.05, 0) is 86.9 Å². The molecular weight excluding hydrogens is 1460 g/mol. The first kappa shape index (κ1) is 78.1. The van der Waals surface area contributed by atoms with E-state index < -0.39 is 139 Å². The van der Waals surface area contributed by atoms with Crippen LogP contribution in [0, 0.1) is 10.1 Å². The number of phosphoric ester groups is 1. The first-order valence-corrected chi connectivity index (χ1v) is 38.0. The van der Waals surface area contributed by atoms with Gasteiger partial charge in [0.05, 0.1) is 97.5 Å². The largest absolute Gasteiger partial charge is 0.508 e. The molecule has 1 saturated heterocycles. The molecule has 0 spiro atoms. The normalized spacial score (nSPS) is 18.6. The molecule has 9 rings (SSSR count). The Morgan fingerprint density at radius 3 is 2.05 bits per heavy atom. The number of fused-ring (bicyclic) bond motifs is 4. The van der Waals surface area contributed by atoms with Crippen molar-refractivity contribution < 1.29 is 135 Å². The van der Waals surface area contributed by atoms with Gasteiger partial charge in [-0.15, -0.1) is 0 Å². The van der Waals surface area contributed by atoms with E-state index in [2.05, 4.69) is 28.8 Å². The standard InChI is InChI=1S/C59H68N7O31P3S2/c1-58(2)26-36(31-101(81,82)83)39-21-42-46(23-44(39)63-58)93-47-24-45-40(37(32-102(84,85)86)27-59(3,4)64-45)22-43(47)52(42)38-9-8-33(20-41(38)55(68)69)54(67)61-11-13-87-14-15-88-16-17-89-18-19-90-28-34-6-5-7-35(53(34)66(72)73)29-91-57(71)95-48-25-51(65-12-10-50(60)62-56(65)70)94-49(48)30-92-99(77,78)97-100(79,80)96-98(74,75)76/h5-10,12,20-24,26-27,48-49,51,63H,11,13-19,25,28-32H2,1-4H3,(H,61,67)(H,68,69)(H,77,78)(H,79,80)(H2,60,62,70)(H2,74,75,76)(H,81,82,83)(H,84,85,86)/t48?,49-,51-/m1/s1. The number of phosphoric acid groups is 3. The number of benzene rings is 4. The second-order valence-electron chi connectivity index (χ2n) is 24.0. The van der Waals surface area contributed by atoms with Gasteiger partial charge in [-0.3, -0.25) is 38.1 Å². The van der Waals surface area contributed by atoms with Gasteiger partial charge in [0.25, 0.3) is 31.8 Å². The number of nitro groups is 1. The summed E-state index contributed by atoms with van der Waals surface area (Å²) < 4.78 is 163. The van der Waals surface area contributed by atoms with Crippen molar-refractivity contribution in [1.29, 1.82) is 0 Å². The van der Waals surface area contributed by atoms with Crippen LogP contribution in [-0.2, 0) is 93.4 Å². The number of aromatic nitrogens is 2. The summed E-state index contributed by atoms with van der Waals surface area (Å²) in [6.45, 7) is 5.30. The number of anilines is 2. The van der Waals surface area contributed by atoms with Crippen molar-refractivity contribution in [1.82, 2.24) is 14.9 Å². The van der Waals surface area contributed by atoms with Gasteiger partial charge in [-0.2, -0.15) is 30.4 Å². The number of nitrogens with one attached hydrogen (secondary N) is 2. The van der Waals surface area contributed by atoms with Gasteiger partial charge in [0, 0.05) is 70.0 Å². The number of carbonyl (C=O) groups is 3. The molecule has 4 aromatic carbocycles. The van der Waals surface area contributed by atoms with Crippen molar-refractivity contribution in [3.8, 4) is 11.5 Å². The minimum atomic E-state index is -5.93. The Morgan fingerprint density at radius 1 is 0.784 bits per heavy atom. The van der Waals surface area contributed by atoms with Gasteiger partial charge in [0.15, 0.2) is 0 Å². The molecule has 11 N–H and O–H groups in total. The molecule has 102 heavy (non-hydrogen) atoms. The molecular formula is C59H68N7O31P3S2. The number of nitrogen functional groups attached to an aromatic ring is 1. The second kappa shape index (κ2) is 31.5. The highest BCUT2D eigenvalue weighted by Crippen LogP contribution is 2.66. The van der Waals surface area contributed by atoms with E-state index in [1.807, 2.05) is 0 Å². The van der Waals surface area contributed by atoms with E-state index in [1.165, 1.54) is 42.5 Å². The number of aromatic carboxylic acids is 1. The van der Waals surface area contributed by atoms with Crippen LogP contribution in [0.3, 0.4) is 0 Å².